The Bertz CT molecular complexity index is 674. The van der Waals surface area contributed by atoms with Gasteiger partial charge in [-0.25, -0.2) is 0 Å². The van der Waals surface area contributed by atoms with Gasteiger partial charge in [-0.2, -0.15) is 5.26 Å². The largest absolute Gasteiger partial charge is 0.493 e. The normalized spacial score (nSPS) is 17.4. The molecule has 0 saturated carbocycles. The summed E-state index contributed by atoms with van der Waals surface area (Å²) < 4.78 is 11.2. The van der Waals surface area contributed by atoms with Gasteiger partial charge in [0.05, 0.1) is 12.7 Å². The zero-order valence-corrected chi connectivity index (χ0v) is 15.3. The Kier molecular flexibility index (Phi) is 7.30. The molecule has 2 rings (SSSR count). The van der Waals surface area contributed by atoms with Crippen LogP contribution in [-0.4, -0.2) is 31.8 Å². The molecule has 1 N–H and O–H groups in total. The molecule has 1 atom stereocenters. The van der Waals surface area contributed by atoms with Crippen molar-refractivity contribution in [3.8, 4) is 11.8 Å². The highest BCUT2D eigenvalue weighted by Crippen LogP contribution is 2.26. The Labute approximate surface area is 153 Å². The number of halogens is 1. The fourth-order valence-corrected chi connectivity index (χ4v) is 2.61. The van der Waals surface area contributed by atoms with Crippen LogP contribution >= 0.6 is 11.6 Å². The number of nitrogens with one attached hydrogen (secondary N) is 1. The van der Waals surface area contributed by atoms with E-state index in [4.69, 9.17) is 21.1 Å². The number of benzene rings is 1. The van der Waals surface area contributed by atoms with Crippen molar-refractivity contribution in [2.75, 3.05) is 19.8 Å². The Balaban J connectivity index is 2.12. The summed E-state index contributed by atoms with van der Waals surface area (Å²) in [5.74, 6) is 0.531. The predicted molar refractivity (Wildman–Crippen MR) is 97.4 cm³/mol. The third-order valence-electron chi connectivity index (χ3n) is 3.72. The van der Waals surface area contributed by atoms with Crippen LogP contribution in [0.25, 0.3) is 6.08 Å². The van der Waals surface area contributed by atoms with Gasteiger partial charge in [-0.1, -0.05) is 25.4 Å². The topological polar surface area (TPSA) is 71.3 Å². The maximum absolute atomic E-state index is 12.3. The highest BCUT2D eigenvalue weighted by atomic mass is 35.5. The van der Waals surface area contributed by atoms with Gasteiger partial charge in [-0.15, -0.1) is 0 Å². The minimum absolute atomic E-state index is 0.00894. The summed E-state index contributed by atoms with van der Waals surface area (Å²) in [6.07, 6.45) is 3.46. The third-order valence-corrected chi connectivity index (χ3v) is 3.96. The van der Waals surface area contributed by atoms with Crippen LogP contribution in [0.3, 0.4) is 0 Å². The van der Waals surface area contributed by atoms with Crippen LogP contribution < -0.4 is 10.1 Å². The highest BCUT2D eigenvalue weighted by molar-refractivity contribution is 6.30. The zero-order chi connectivity index (χ0) is 18.2. The summed E-state index contributed by atoms with van der Waals surface area (Å²) in [6.45, 7) is 5.76. The molecule has 1 aliphatic heterocycles. The number of nitriles is 1. The van der Waals surface area contributed by atoms with Crippen LogP contribution in [0, 0.1) is 17.2 Å². The minimum atomic E-state index is -0.423. The maximum atomic E-state index is 12.3. The first kappa shape index (κ1) is 19.3. The quantitative estimate of drug-likeness (QED) is 0.594. The van der Waals surface area contributed by atoms with Gasteiger partial charge in [0, 0.05) is 23.7 Å². The standard InChI is InChI=1S/C19H23ClN2O3/c1-13(2)12-25-18-6-5-16(20)9-14(18)8-15(10-21)19(23)22-11-17-4-3-7-24-17/h5-6,8-9,13,17H,3-4,7,11-12H2,1-2H3,(H,22,23). The summed E-state index contributed by atoms with van der Waals surface area (Å²) in [7, 11) is 0. The van der Waals surface area contributed by atoms with E-state index in [1.165, 1.54) is 6.08 Å². The lowest BCUT2D eigenvalue weighted by molar-refractivity contribution is -0.117. The molecule has 1 unspecified atom stereocenters. The van der Waals surface area contributed by atoms with Crippen LogP contribution in [0.1, 0.15) is 32.3 Å². The molecule has 0 aromatic heterocycles. The number of amides is 1. The summed E-state index contributed by atoms with van der Waals surface area (Å²) in [4.78, 5) is 12.3. The summed E-state index contributed by atoms with van der Waals surface area (Å²) in [5, 5.41) is 12.6. The molecule has 1 amide bonds. The molecule has 0 radical (unpaired) electrons. The number of hydrogen-bond acceptors (Lipinski definition) is 4. The molecule has 0 spiro atoms. The number of ether oxygens (including phenoxy) is 2. The fraction of sp³-hybridized carbons (Fsp3) is 0.474. The average Bonchev–Trinajstić information content (AvgIpc) is 3.10. The molecular formula is C19H23ClN2O3. The van der Waals surface area contributed by atoms with Crippen molar-refractivity contribution in [3.63, 3.8) is 0 Å². The van der Waals surface area contributed by atoms with Gasteiger partial charge in [-0.05, 0) is 43.0 Å². The van der Waals surface area contributed by atoms with Crippen molar-refractivity contribution in [3.05, 3.63) is 34.4 Å². The van der Waals surface area contributed by atoms with Gasteiger partial charge in [-0.3, -0.25) is 4.79 Å². The average molecular weight is 363 g/mol. The van der Waals surface area contributed by atoms with Crippen LogP contribution in [0.15, 0.2) is 23.8 Å². The first-order valence-corrected chi connectivity index (χ1v) is 8.81. The molecule has 134 valence electrons. The lowest BCUT2D eigenvalue weighted by Crippen LogP contribution is -2.32. The molecule has 0 bridgehead atoms. The SMILES string of the molecule is CC(C)COc1ccc(Cl)cc1C=C(C#N)C(=O)NCC1CCCO1. The smallest absolute Gasteiger partial charge is 0.262 e. The first-order valence-electron chi connectivity index (χ1n) is 8.43. The van der Waals surface area contributed by atoms with E-state index in [0.717, 1.165) is 19.4 Å². The van der Waals surface area contributed by atoms with Gasteiger partial charge in [0.25, 0.3) is 5.91 Å². The number of carbonyl (C=O) groups excluding carboxylic acids is 1. The van der Waals surface area contributed by atoms with E-state index < -0.39 is 5.91 Å². The molecule has 1 aromatic carbocycles. The van der Waals surface area contributed by atoms with Crippen LogP contribution in [0.2, 0.25) is 5.02 Å². The second kappa shape index (κ2) is 9.45. The molecule has 1 aromatic rings. The Morgan fingerprint density at radius 3 is 3.00 bits per heavy atom. The lowest BCUT2D eigenvalue weighted by Gasteiger charge is -2.13. The van der Waals surface area contributed by atoms with Gasteiger partial charge < -0.3 is 14.8 Å². The Morgan fingerprint density at radius 1 is 1.56 bits per heavy atom. The van der Waals surface area contributed by atoms with E-state index in [2.05, 4.69) is 5.32 Å². The molecule has 1 heterocycles. The van der Waals surface area contributed by atoms with E-state index in [1.54, 1.807) is 18.2 Å². The van der Waals surface area contributed by atoms with Gasteiger partial charge in [0.1, 0.15) is 17.4 Å². The van der Waals surface area contributed by atoms with Crippen molar-refractivity contribution in [1.82, 2.24) is 5.32 Å². The lowest BCUT2D eigenvalue weighted by atomic mass is 10.1. The fourth-order valence-electron chi connectivity index (χ4n) is 2.43. The van der Waals surface area contributed by atoms with Gasteiger partial charge in [0.2, 0.25) is 0 Å². The van der Waals surface area contributed by atoms with Crippen molar-refractivity contribution in [2.45, 2.75) is 32.8 Å². The monoisotopic (exact) mass is 362 g/mol. The van der Waals surface area contributed by atoms with Crippen LogP contribution in [0.5, 0.6) is 5.75 Å². The first-order chi connectivity index (χ1) is 12.0. The summed E-state index contributed by atoms with van der Waals surface area (Å²) in [5.41, 5.74) is 0.617. The van der Waals surface area contributed by atoms with Crippen molar-refractivity contribution >= 4 is 23.6 Å². The van der Waals surface area contributed by atoms with Crippen molar-refractivity contribution in [1.29, 1.82) is 5.26 Å². The number of hydrogen-bond donors (Lipinski definition) is 1. The number of rotatable bonds is 7. The van der Waals surface area contributed by atoms with Crippen molar-refractivity contribution < 1.29 is 14.3 Å². The molecule has 1 saturated heterocycles. The number of carbonyl (C=O) groups is 1. The predicted octanol–water partition coefficient (Wildman–Crippen LogP) is 3.58. The van der Waals surface area contributed by atoms with Crippen LogP contribution in [-0.2, 0) is 9.53 Å². The molecule has 5 nitrogen and oxygen atoms in total. The summed E-state index contributed by atoms with van der Waals surface area (Å²) >= 11 is 6.05. The van der Waals surface area contributed by atoms with E-state index >= 15 is 0 Å². The molecular weight excluding hydrogens is 340 g/mol. The Morgan fingerprint density at radius 2 is 2.36 bits per heavy atom. The van der Waals surface area contributed by atoms with E-state index in [0.29, 0.717) is 35.4 Å². The molecule has 0 aliphatic carbocycles. The molecule has 1 fully saturated rings. The molecule has 25 heavy (non-hydrogen) atoms. The summed E-state index contributed by atoms with van der Waals surface area (Å²) in [6, 6.07) is 7.10. The Hall–Kier alpha value is -2.03. The minimum Gasteiger partial charge on any atom is -0.493 e. The maximum Gasteiger partial charge on any atom is 0.262 e. The van der Waals surface area contributed by atoms with E-state index in [1.807, 2.05) is 19.9 Å². The number of nitrogens with zero attached hydrogens (tertiary/aromatic N) is 1. The second-order valence-corrected chi connectivity index (χ2v) is 6.84. The molecule has 6 heteroatoms. The van der Waals surface area contributed by atoms with E-state index in [9.17, 15) is 10.1 Å². The second-order valence-electron chi connectivity index (χ2n) is 6.40. The third kappa shape index (κ3) is 6.08. The zero-order valence-electron chi connectivity index (χ0n) is 14.5. The van der Waals surface area contributed by atoms with Gasteiger partial charge >= 0.3 is 0 Å². The molecule has 1 aliphatic rings. The van der Waals surface area contributed by atoms with Crippen molar-refractivity contribution in [2.24, 2.45) is 5.92 Å². The van der Waals surface area contributed by atoms with Gasteiger partial charge in [0.15, 0.2) is 0 Å². The highest BCUT2D eigenvalue weighted by Gasteiger charge is 2.18. The van der Waals surface area contributed by atoms with Crippen LogP contribution in [0.4, 0.5) is 0 Å². The van der Waals surface area contributed by atoms with E-state index in [-0.39, 0.29) is 11.7 Å².